The van der Waals surface area contributed by atoms with E-state index in [1.54, 1.807) is 25.1 Å². The molecule has 2 heterocycles. The van der Waals surface area contributed by atoms with Crippen LogP contribution in [0, 0.1) is 0 Å². The van der Waals surface area contributed by atoms with Crippen LogP contribution in [-0.4, -0.2) is 36.1 Å². The quantitative estimate of drug-likeness (QED) is 0.697. The summed E-state index contributed by atoms with van der Waals surface area (Å²) in [7, 11) is 0. The molecule has 2 aliphatic rings. The van der Waals surface area contributed by atoms with Crippen molar-refractivity contribution >= 4 is 17.8 Å². The number of benzene rings is 2. The van der Waals surface area contributed by atoms with Crippen molar-refractivity contribution in [3.63, 3.8) is 0 Å². The van der Waals surface area contributed by atoms with Crippen molar-refractivity contribution in [3.05, 3.63) is 59.2 Å². The number of ether oxygens (including phenoxy) is 2. The average Bonchev–Trinajstić information content (AvgIpc) is 3.32. The van der Waals surface area contributed by atoms with Crippen LogP contribution in [0.4, 0.5) is 4.79 Å². The van der Waals surface area contributed by atoms with Gasteiger partial charge in [-0.1, -0.05) is 37.3 Å². The first-order valence-corrected chi connectivity index (χ1v) is 10.2. The van der Waals surface area contributed by atoms with Crippen LogP contribution in [0.5, 0.6) is 11.5 Å². The van der Waals surface area contributed by atoms with Gasteiger partial charge in [-0.3, -0.25) is 14.5 Å². The van der Waals surface area contributed by atoms with Crippen LogP contribution in [0.1, 0.15) is 43.5 Å². The van der Waals surface area contributed by atoms with E-state index in [0.717, 1.165) is 16.9 Å². The topological polar surface area (TPSA) is 97.0 Å². The lowest BCUT2D eigenvalue weighted by atomic mass is 9.91. The molecule has 4 rings (SSSR count). The van der Waals surface area contributed by atoms with Gasteiger partial charge in [0.2, 0.25) is 12.7 Å². The van der Waals surface area contributed by atoms with E-state index >= 15 is 0 Å². The Morgan fingerprint density at radius 3 is 2.58 bits per heavy atom. The van der Waals surface area contributed by atoms with E-state index < -0.39 is 23.4 Å². The number of nitrogens with zero attached hydrogens (tertiary/aromatic N) is 1. The number of nitrogens with one attached hydrogen (secondary N) is 2. The Kier molecular flexibility index (Phi) is 5.31. The molecule has 31 heavy (non-hydrogen) atoms. The van der Waals surface area contributed by atoms with Crippen LogP contribution < -0.4 is 20.1 Å². The fourth-order valence-electron chi connectivity index (χ4n) is 3.80. The number of hydrogen-bond acceptors (Lipinski definition) is 5. The molecule has 8 heteroatoms. The number of urea groups is 1. The molecule has 0 saturated carbocycles. The Morgan fingerprint density at radius 1 is 1.16 bits per heavy atom. The van der Waals surface area contributed by atoms with Crippen LogP contribution in [0.25, 0.3) is 0 Å². The van der Waals surface area contributed by atoms with Crippen LogP contribution in [0.2, 0.25) is 0 Å². The molecule has 162 valence electrons. The molecule has 2 aromatic carbocycles. The Labute approximate surface area is 180 Å². The van der Waals surface area contributed by atoms with E-state index in [2.05, 4.69) is 17.6 Å². The predicted octanol–water partition coefficient (Wildman–Crippen LogP) is 2.62. The maximum atomic E-state index is 13.1. The highest BCUT2D eigenvalue weighted by Crippen LogP contribution is 2.37. The molecule has 2 atom stereocenters. The lowest BCUT2D eigenvalue weighted by molar-refractivity contribution is -0.135. The van der Waals surface area contributed by atoms with E-state index in [1.807, 2.05) is 31.2 Å². The number of aryl methyl sites for hydroxylation is 1. The van der Waals surface area contributed by atoms with Gasteiger partial charge >= 0.3 is 6.03 Å². The third kappa shape index (κ3) is 3.81. The van der Waals surface area contributed by atoms with Crippen LogP contribution in [-0.2, 0) is 21.5 Å². The molecule has 0 aromatic heterocycles. The highest BCUT2D eigenvalue weighted by atomic mass is 16.7. The molecular weight excluding hydrogens is 398 g/mol. The van der Waals surface area contributed by atoms with Crippen LogP contribution >= 0.6 is 0 Å². The van der Waals surface area contributed by atoms with Gasteiger partial charge in [-0.05, 0) is 49.1 Å². The summed E-state index contributed by atoms with van der Waals surface area (Å²) in [6.07, 6.45) is 0.940. The van der Waals surface area contributed by atoms with E-state index in [9.17, 15) is 14.4 Å². The largest absolute Gasteiger partial charge is 0.454 e. The van der Waals surface area contributed by atoms with Crippen molar-refractivity contribution in [2.24, 2.45) is 0 Å². The highest BCUT2D eigenvalue weighted by Gasteiger charge is 2.49. The van der Waals surface area contributed by atoms with Crippen molar-refractivity contribution in [2.45, 2.75) is 38.8 Å². The summed E-state index contributed by atoms with van der Waals surface area (Å²) in [5, 5.41) is 5.56. The number of amides is 4. The number of rotatable bonds is 6. The maximum Gasteiger partial charge on any atom is 0.325 e. The first-order chi connectivity index (χ1) is 14.8. The van der Waals surface area contributed by atoms with Gasteiger partial charge < -0.3 is 20.1 Å². The number of carbonyl (C=O) groups is 3. The molecule has 4 amide bonds. The third-order valence-corrected chi connectivity index (χ3v) is 5.79. The van der Waals surface area contributed by atoms with Crippen molar-refractivity contribution < 1.29 is 23.9 Å². The van der Waals surface area contributed by atoms with Gasteiger partial charge in [-0.15, -0.1) is 0 Å². The molecule has 0 aliphatic carbocycles. The zero-order valence-electron chi connectivity index (χ0n) is 17.7. The summed E-state index contributed by atoms with van der Waals surface area (Å²) >= 11 is 0. The summed E-state index contributed by atoms with van der Waals surface area (Å²) in [5.74, 6) is 0.193. The second-order valence-corrected chi connectivity index (χ2v) is 7.90. The van der Waals surface area contributed by atoms with Crippen molar-refractivity contribution in [2.75, 3.05) is 13.3 Å². The average molecular weight is 423 g/mol. The second-order valence-electron chi connectivity index (χ2n) is 7.90. The van der Waals surface area contributed by atoms with Gasteiger partial charge in [0, 0.05) is 0 Å². The van der Waals surface area contributed by atoms with Crippen molar-refractivity contribution in [1.82, 2.24) is 15.5 Å². The number of carbonyl (C=O) groups excluding carboxylic acids is 3. The zero-order chi connectivity index (χ0) is 22.2. The van der Waals surface area contributed by atoms with Gasteiger partial charge in [0.05, 0.1) is 6.04 Å². The maximum absolute atomic E-state index is 13.1. The smallest absolute Gasteiger partial charge is 0.325 e. The molecule has 2 aliphatic heterocycles. The Hall–Kier alpha value is -3.55. The van der Waals surface area contributed by atoms with E-state index in [4.69, 9.17) is 9.47 Å². The fraction of sp³-hybridized carbons (Fsp3) is 0.348. The standard InChI is InChI=1S/C23H25N3O5/c1-4-15-5-7-16(8-6-15)14(2)24-20(27)12-26-21(28)23(3,25-22(26)29)17-9-10-18-19(11-17)31-13-30-18/h5-11,14H,4,12-13H2,1-3H3,(H,24,27)(H,25,29)/t14-,23-/m1/s1. The minimum absolute atomic E-state index is 0.113. The minimum atomic E-state index is -1.29. The Morgan fingerprint density at radius 2 is 1.87 bits per heavy atom. The zero-order valence-corrected chi connectivity index (χ0v) is 17.7. The molecular formula is C23H25N3O5. The van der Waals surface area contributed by atoms with Gasteiger partial charge in [0.1, 0.15) is 12.1 Å². The first-order valence-electron chi connectivity index (χ1n) is 10.2. The Bertz CT molecular complexity index is 1040. The van der Waals surface area contributed by atoms with Crippen molar-refractivity contribution in [1.29, 1.82) is 0 Å². The Balaban J connectivity index is 1.44. The molecule has 2 aromatic rings. The van der Waals surface area contributed by atoms with Gasteiger partial charge in [-0.2, -0.15) is 0 Å². The summed E-state index contributed by atoms with van der Waals surface area (Å²) in [4.78, 5) is 39.1. The number of hydrogen-bond donors (Lipinski definition) is 2. The lowest BCUT2D eigenvalue weighted by Gasteiger charge is -2.22. The molecule has 1 fully saturated rings. The molecule has 1 saturated heterocycles. The van der Waals surface area contributed by atoms with Gasteiger partial charge in [0.15, 0.2) is 11.5 Å². The van der Waals surface area contributed by atoms with E-state index in [0.29, 0.717) is 17.1 Å². The molecule has 0 unspecified atom stereocenters. The minimum Gasteiger partial charge on any atom is -0.454 e. The molecule has 0 bridgehead atoms. The van der Waals surface area contributed by atoms with Crippen LogP contribution in [0.3, 0.4) is 0 Å². The number of fused-ring (bicyclic) bond motifs is 1. The predicted molar refractivity (Wildman–Crippen MR) is 113 cm³/mol. The molecule has 2 N–H and O–H groups in total. The summed E-state index contributed by atoms with van der Waals surface area (Å²) in [5.41, 5.74) is 1.43. The summed E-state index contributed by atoms with van der Waals surface area (Å²) < 4.78 is 10.7. The monoisotopic (exact) mass is 423 g/mol. The van der Waals surface area contributed by atoms with Crippen molar-refractivity contribution in [3.8, 4) is 11.5 Å². The second kappa shape index (κ2) is 7.94. The van der Waals surface area contributed by atoms with Gasteiger partial charge in [0.25, 0.3) is 5.91 Å². The van der Waals surface area contributed by atoms with Crippen LogP contribution in [0.15, 0.2) is 42.5 Å². The first kappa shape index (κ1) is 20.7. The van der Waals surface area contributed by atoms with Gasteiger partial charge in [-0.25, -0.2) is 4.79 Å². The normalized spacial score (nSPS) is 20.5. The molecule has 0 radical (unpaired) electrons. The molecule has 8 nitrogen and oxygen atoms in total. The highest BCUT2D eigenvalue weighted by molar-refractivity contribution is 6.09. The third-order valence-electron chi connectivity index (χ3n) is 5.79. The summed E-state index contributed by atoms with van der Waals surface area (Å²) in [6.45, 7) is 5.31. The fourth-order valence-corrected chi connectivity index (χ4v) is 3.80. The molecule has 0 spiro atoms. The van der Waals surface area contributed by atoms with E-state index in [-0.39, 0.29) is 19.4 Å². The lowest BCUT2D eigenvalue weighted by Crippen LogP contribution is -2.43. The number of imide groups is 1. The SMILES string of the molecule is CCc1ccc([C@@H](C)NC(=O)CN2C(=O)N[C@](C)(c3ccc4c(c3)OCO4)C2=O)cc1. The van der Waals surface area contributed by atoms with E-state index in [1.165, 1.54) is 5.56 Å². The summed E-state index contributed by atoms with van der Waals surface area (Å²) in [6, 6.07) is 12.2.